The van der Waals surface area contributed by atoms with Crippen molar-refractivity contribution in [2.45, 2.75) is 18.6 Å². The van der Waals surface area contributed by atoms with Gasteiger partial charge in [0.1, 0.15) is 5.75 Å². The summed E-state index contributed by atoms with van der Waals surface area (Å²) in [5.74, 6) is 0.297. The van der Waals surface area contributed by atoms with Crippen molar-refractivity contribution >= 4 is 18.3 Å². The summed E-state index contributed by atoms with van der Waals surface area (Å²) in [6, 6.07) is 16.1. The van der Waals surface area contributed by atoms with Crippen LogP contribution in [0, 0.1) is 0 Å². The molecule has 130 valence electrons. The first-order chi connectivity index (χ1) is 11.1. The summed E-state index contributed by atoms with van der Waals surface area (Å²) < 4.78 is 5.20. The van der Waals surface area contributed by atoms with Gasteiger partial charge in [0.25, 0.3) is 0 Å². The quantitative estimate of drug-likeness (QED) is 0.711. The molecule has 0 radical (unpaired) electrons. The van der Waals surface area contributed by atoms with Gasteiger partial charge in [0.05, 0.1) is 19.3 Å². The Morgan fingerprint density at radius 1 is 1.17 bits per heavy atom. The summed E-state index contributed by atoms with van der Waals surface area (Å²) in [4.78, 5) is 12.1. The molecule has 0 aromatic heterocycles. The van der Waals surface area contributed by atoms with Crippen molar-refractivity contribution in [2.75, 3.05) is 13.7 Å². The van der Waals surface area contributed by atoms with Crippen LogP contribution in [-0.4, -0.2) is 30.7 Å². The van der Waals surface area contributed by atoms with Gasteiger partial charge in [0.2, 0.25) is 5.91 Å². The van der Waals surface area contributed by atoms with E-state index >= 15 is 0 Å². The maximum absolute atomic E-state index is 12.1. The predicted molar refractivity (Wildman–Crippen MR) is 96.3 cm³/mol. The zero-order valence-corrected chi connectivity index (χ0v) is 14.3. The van der Waals surface area contributed by atoms with Gasteiger partial charge in [0, 0.05) is 12.1 Å². The van der Waals surface area contributed by atoms with E-state index in [0.717, 1.165) is 5.56 Å². The Kier molecular flexibility index (Phi) is 8.26. The molecule has 24 heavy (non-hydrogen) atoms. The second-order valence-corrected chi connectivity index (χ2v) is 5.30. The molecule has 0 fully saturated rings. The van der Waals surface area contributed by atoms with E-state index in [9.17, 15) is 9.90 Å². The smallest absolute Gasteiger partial charge is 0.237 e. The Morgan fingerprint density at radius 3 is 2.46 bits per heavy atom. The molecule has 1 unspecified atom stereocenters. The molecule has 2 atom stereocenters. The van der Waals surface area contributed by atoms with Crippen molar-refractivity contribution in [1.82, 2.24) is 5.32 Å². The molecule has 0 aliphatic carbocycles. The first kappa shape index (κ1) is 20.0. The fourth-order valence-electron chi connectivity index (χ4n) is 2.34. The predicted octanol–water partition coefficient (Wildman–Crippen LogP) is 1.84. The van der Waals surface area contributed by atoms with Gasteiger partial charge in [-0.1, -0.05) is 48.5 Å². The van der Waals surface area contributed by atoms with Gasteiger partial charge in [0.15, 0.2) is 0 Å². The lowest BCUT2D eigenvalue weighted by Gasteiger charge is -2.17. The number of nitrogens with one attached hydrogen (secondary N) is 1. The molecule has 0 bridgehead atoms. The number of para-hydroxylation sites is 1. The fourth-order valence-corrected chi connectivity index (χ4v) is 2.34. The SMILES string of the molecule is COc1ccccc1C(O)CNC(=O)[C@@H](N)Cc1ccccc1.Cl. The standard InChI is InChI=1S/C18H22N2O3.ClH/c1-23-17-10-6-5-9-14(17)16(21)12-20-18(22)15(19)11-13-7-3-2-4-8-13;/h2-10,15-16,21H,11-12,19H2,1H3,(H,20,22);1H/t15-,16?;/m0./s1. The Labute approximate surface area is 148 Å². The first-order valence-electron chi connectivity index (χ1n) is 7.50. The van der Waals surface area contributed by atoms with Crippen molar-refractivity contribution in [3.05, 3.63) is 65.7 Å². The normalized spacial score (nSPS) is 12.6. The second-order valence-electron chi connectivity index (χ2n) is 5.30. The number of methoxy groups -OCH3 is 1. The summed E-state index contributed by atoms with van der Waals surface area (Å²) in [6.45, 7) is 0.0850. The summed E-state index contributed by atoms with van der Waals surface area (Å²) in [5, 5.41) is 12.9. The number of amides is 1. The molecule has 1 amide bonds. The molecule has 2 rings (SSSR count). The molecule has 0 saturated carbocycles. The average molecular weight is 351 g/mol. The van der Waals surface area contributed by atoms with E-state index in [2.05, 4.69) is 5.32 Å². The number of rotatable bonds is 7. The number of carbonyl (C=O) groups is 1. The van der Waals surface area contributed by atoms with Gasteiger partial charge in [-0.3, -0.25) is 4.79 Å². The average Bonchev–Trinajstić information content (AvgIpc) is 2.60. The summed E-state index contributed by atoms with van der Waals surface area (Å²) in [5.41, 5.74) is 7.54. The summed E-state index contributed by atoms with van der Waals surface area (Å²) >= 11 is 0. The molecule has 0 aliphatic rings. The zero-order chi connectivity index (χ0) is 16.7. The molecule has 0 heterocycles. The molecule has 5 nitrogen and oxygen atoms in total. The molecule has 0 aliphatic heterocycles. The minimum atomic E-state index is -0.848. The van der Waals surface area contributed by atoms with Gasteiger partial charge < -0.3 is 20.9 Å². The van der Waals surface area contributed by atoms with Gasteiger partial charge in [-0.15, -0.1) is 12.4 Å². The van der Waals surface area contributed by atoms with E-state index in [0.29, 0.717) is 17.7 Å². The van der Waals surface area contributed by atoms with Crippen LogP contribution in [-0.2, 0) is 11.2 Å². The molecular weight excluding hydrogens is 328 g/mol. The van der Waals surface area contributed by atoms with Crippen molar-refractivity contribution in [3.63, 3.8) is 0 Å². The van der Waals surface area contributed by atoms with E-state index in [4.69, 9.17) is 10.5 Å². The molecular formula is C18H23ClN2O3. The molecule has 2 aromatic carbocycles. The number of halogens is 1. The largest absolute Gasteiger partial charge is 0.496 e. The Balaban J connectivity index is 0.00000288. The van der Waals surface area contributed by atoms with Crippen LogP contribution in [0.1, 0.15) is 17.2 Å². The maximum atomic E-state index is 12.1. The van der Waals surface area contributed by atoms with Crippen LogP contribution in [0.25, 0.3) is 0 Å². The van der Waals surface area contributed by atoms with Gasteiger partial charge >= 0.3 is 0 Å². The number of carbonyl (C=O) groups excluding carboxylic acids is 1. The molecule has 2 aromatic rings. The number of aliphatic hydroxyl groups is 1. The maximum Gasteiger partial charge on any atom is 0.237 e. The molecule has 0 spiro atoms. The fraction of sp³-hybridized carbons (Fsp3) is 0.278. The monoisotopic (exact) mass is 350 g/mol. The highest BCUT2D eigenvalue weighted by molar-refractivity contribution is 5.85. The van der Waals surface area contributed by atoms with Gasteiger partial charge in [-0.05, 0) is 18.1 Å². The highest BCUT2D eigenvalue weighted by atomic mass is 35.5. The number of hydrogen-bond acceptors (Lipinski definition) is 4. The second kappa shape index (κ2) is 9.93. The number of aliphatic hydroxyl groups excluding tert-OH is 1. The van der Waals surface area contributed by atoms with Crippen molar-refractivity contribution in [3.8, 4) is 5.75 Å². The summed E-state index contributed by atoms with van der Waals surface area (Å²) in [7, 11) is 1.54. The van der Waals surface area contributed by atoms with E-state index in [1.165, 1.54) is 0 Å². The zero-order valence-electron chi connectivity index (χ0n) is 13.5. The Bertz CT molecular complexity index is 637. The highest BCUT2D eigenvalue weighted by Gasteiger charge is 2.17. The van der Waals surface area contributed by atoms with Gasteiger partial charge in [-0.25, -0.2) is 0 Å². The van der Waals surface area contributed by atoms with E-state index < -0.39 is 12.1 Å². The number of benzene rings is 2. The van der Waals surface area contributed by atoms with Crippen molar-refractivity contribution in [2.24, 2.45) is 5.73 Å². The Morgan fingerprint density at radius 2 is 1.79 bits per heavy atom. The van der Waals surface area contributed by atoms with Crippen LogP contribution < -0.4 is 15.8 Å². The topological polar surface area (TPSA) is 84.6 Å². The Hall–Kier alpha value is -2.08. The van der Waals surface area contributed by atoms with Crippen LogP contribution in [0.2, 0.25) is 0 Å². The van der Waals surface area contributed by atoms with Crippen LogP contribution in [0.3, 0.4) is 0 Å². The van der Waals surface area contributed by atoms with E-state index in [-0.39, 0.29) is 24.9 Å². The van der Waals surface area contributed by atoms with Crippen LogP contribution >= 0.6 is 12.4 Å². The summed E-state index contributed by atoms with van der Waals surface area (Å²) in [6.07, 6.45) is -0.392. The number of ether oxygens (including phenoxy) is 1. The van der Waals surface area contributed by atoms with Crippen LogP contribution in [0.4, 0.5) is 0 Å². The van der Waals surface area contributed by atoms with Crippen molar-refractivity contribution in [1.29, 1.82) is 0 Å². The highest BCUT2D eigenvalue weighted by Crippen LogP contribution is 2.23. The van der Waals surface area contributed by atoms with Crippen LogP contribution in [0.15, 0.2) is 54.6 Å². The number of nitrogens with two attached hydrogens (primary N) is 1. The number of hydrogen-bond donors (Lipinski definition) is 3. The molecule has 4 N–H and O–H groups in total. The molecule has 0 saturated heterocycles. The third-order valence-electron chi connectivity index (χ3n) is 3.60. The van der Waals surface area contributed by atoms with Crippen LogP contribution in [0.5, 0.6) is 5.75 Å². The first-order valence-corrected chi connectivity index (χ1v) is 7.50. The van der Waals surface area contributed by atoms with Crippen molar-refractivity contribution < 1.29 is 14.6 Å². The lowest BCUT2D eigenvalue weighted by Crippen LogP contribution is -2.43. The lowest BCUT2D eigenvalue weighted by molar-refractivity contribution is -0.122. The lowest BCUT2D eigenvalue weighted by atomic mass is 10.1. The van der Waals surface area contributed by atoms with E-state index in [1.54, 1.807) is 19.2 Å². The molecule has 6 heteroatoms. The minimum Gasteiger partial charge on any atom is -0.496 e. The third kappa shape index (κ3) is 5.53. The van der Waals surface area contributed by atoms with E-state index in [1.807, 2.05) is 42.5 Å². The minimum absolute atomic E-state index is 0. The third-order valence-corrected chi connectivity index (χ3v) is 3.60. The van der Waals surface area contributed by atoms with Gasteiger partial charge in [-0.2, -0.15) is 0 Å².